The maximum absolute atomic E-state index is 15.0. The Morgan fingerprint density at radius 2 is 1.29 bits per heavy atom. The highest BCUT2D eigenvalue weighted by molar-refractivity contribution is 5.33. The molecule has 0 N–H and O–H groups in total. The molecule has 0 unspecified atom stereocenters. The molecule has 2 aromatic rings. The van der Waals surface area contributed by atoms with Crippen LogP contribution in [-0.2, 0) is 11.3 Å². The molecule has 38 heavy (non-hydrogen) atoms. The van der Waals surface area contributed by atoms with Gasteiger partial charge in [-0.1, -0.05) is 50.8 Å². The molecule has 0 spiro atoms. The molecule has 4 rings (SSSR count). The van der Waals surface area contributed by atoms with E-state index in [4.69, 9.17) is 9.47 Å². The Bertz CT molecular complexity index is 1040. The zero-order valence-electron chi connectivity index (χ0n) is 22.8. The molecule has 2 nitrogen and oxygen atoms in total. The Morgan fingerprint density at radius 3 is 1.92 bits per heavy atom. The Hall–Kier alpha value is -2.08. The van der Waals surface area contributed by atoms with Gasteiger partial charge in [-0.05, 0) is 93.2 Å². The lowest BCUT2D eigenvalue weighted by molar-refractivity contribution is 0.0116. The third-order valence-corrected chi connectivity index (χ3v) is 8.66. The third-order valence-electron chi connectivity index (χ3n) is 8.66. The molecule has 0 amide bonds. The van der Waals surface area contributed by atoms with Gasteiger partial charge in [-0.2, -0.15) is 4.39 Å². The summed E-state index contributed by atoms with van der Waals surface area (Å²) in [5.41, 5.74) is 1.10. The second-order valence-electron chi connectivity index (χ2n) is 11.2. The van der Waals surface area contributed by atoms with E-state index >= 15 is 4.39 Å². The van der Waals surface area contributed by atoms with Crippen molar-refractivity contribution in [3.05, 3.63) is 64.2 Å². The van der Waals surface area contributed by atoms with E-state index in [-0.39, 0.29) is 42.5 Å². The van der Waals surface area contributed by atoms with Crippen molar-refractivity contribution in [2.45, 2.75) is 115 Å². The first-order valence-electron chi connectivity index (χ1n) is 14.6. The molecule has 2 aliphatic carbocycles. The lowest BCUT2D eigenvalue weighted by Crippen LogP contribution is -2.22. The first-order valence-corrected chi connectivity index (χ1v) is 14.6. The summed E-state index contributed by atoms with van der Waals surface area (Å²) >= 11 is 0. The quantitative estimate of drug-likeness (QED) is 0.211. The minimum Gasteiger partial charge on any atom is -0.491 e. The van der Waals surface area contributed by atoms with E-state index in [1.807, 2.05) is 0 Å². The van der Waals surface area contributed by atoms with Gasteiger partial charge in [-0.3, -0.25) is 0 Å². The summed E-state index contributed by atoms with van der Waals surface area (Å²) in [7, 11) is 0. The summed E-state index contributed by atoms with van der Waals surface area (Å²) in [5.74, 6) is -2.67. The van der Waals surface area contributed by atoms with Crippen molar-refractivity contribution in [2.24, 2.45) is 5.92 Å². The van der Waals surface area contributed by atoms with Crippen molar-refractivity contribution < 1.29 is 27.0 Å². The van der Waals surface area contributed by atoms with Crippen LogP contribution in [0, 0.1) is 29.2 Å². The second-order valence-corrected chi connectivity index (χ2v) is 11.2. The van der Waals surface area contributed by atoms with Crippen LogP contribution in [0.4, 0.5) is 17.6 Å². The molecule has 2 saturated carbocycles. The number of hydrogen-bond donors (Lipinski definition) is 0. The maximum Gasteiger partial charge on any atom is 0.200 e. The van der Waals surface area contributed by atoms with Crippen molar-refractivity contribution in [1.29, 1.82) is 0 Å². The summed E-state index contributed by atoms with van der Waals surface area (Å²) in [6, 6.07) is 6.51. The molecule has 0 bridgehead atoms. The molecular formula is C32H42F4O2. The van der Waals surface area contributed by atoms with Crippen LogP contribution in [0.2, 0.25) is 0 Å². The lowest BCUT2D eigenvalue weighted by atomic mass is 9.76. The van der Waals surface area contributed by atoms with Gasteiger partial charge >= 0.3 is 0 Å². The summed E-state index contributed by atoms with van der Waals surface area (Å²) in [6.07, 6.45) is 11.5. The maximum atomic E-state index is 15.0. The standard InChI is InChI=1S/C32H42F4O2/c1-3-5-6-7-21-8-10-22(11-9-21)26-17-14-24(29(33)30(26)34)20-38-25-15-12-23(13-16-25)27-18-19-28(37-4-2)32(36)31(27)35/h14,17-19,21-23,25H,3-13,15-16,20H2,1-2H3. The molecule has 0 saturated heterocycles. The van der Waals surface area contributed by atoms with Gasteiger partial charge in [0.2, 0.25) is 5.82 Å². The van der Waals surface area contributed by atoms with Crippen molar-refractivity contribution in [3.8, 4) is 5.75 Å². The average molecular weight is 535 g/mol. The predicted octanol–water partition coefficient (Wildman–Crippen LogP) is 9.74. The summed E-state index contributed by atoms with van der Waals surface area (Å²) in [4.78, 5) is 0. The van der Waals surface area contributed by atoms with Crippen LogP contribution < -0.4 is 4.74 Å². The topological polar surface area (TPSA) is 18.5 Å². The Labute approximate surface area is 225 Å². The smallest absolute Gasteiger partial charge is 0.200 e. The molecule has 0 heterocycles. The summed E-state index contributed by atoms with van der Waals surface area (Å²) in [6.45, 7) is 4.21. The van der Waals surface area contributed by atoms with Gasteiger partial charge in [0.1, 0.15) is 0 Å². The molecular weight excluding hydrogens is 492 g/mol. The second kappa shape index (κ2) is 13.8. The van der Waals surface area contributed by atoms with Crippen LogP contribution in [0.15, 0.2) is 24.3 Å². The van der Waals surface area contributed by atoms with Crippen LogP contribution in [0.5, 0.6) is 5.75 Å². The molecule has 0 radical (unpaired) electrons. The van der Waals surface area contributed by atoms with Gasteiger partial charge in [-0.25, -0.2) is 13.2 Å². The molecule has 0 aromatic heterocycles. The third kappa shape index (κ3) is 6.91. The fourth-order valence-electron chi connectivity index (χ4n) is 6.35. The number of hydrogen-bond acceptors (Lipinski definition) is 2. The summed E-state index contributed by atoms with van der Waals surface area (Å²) in [5, 5.41) is 0. The monoisotopic (exact) mass is 534 g/mol. The van der Waals surface area contributed by atoms with Crippen molar-refractivity contribution in [3.63, 3.8) is 0 Å². The number of unbranched alkanes of at least 4 members (excludes halogenated alkanes) is 2. The largest absolute Gasteiger partial charge is 0.491 e. The first-order chi connectivity index (χ1) is 18.4. The van der Waals surface area contributed by atoms with Crippen LogP contribution in [0.25, 0.3) is 0 Å². The van der Waals surface area contributed by atoms with E-state index < -0.39 is 23.3 Å². The van der Waals surface area contributed by atoms with Gasteiger partial charge in [0.05, 0.1) is 19.3 Å². The van der Waals surface area contributed by atoms with Crippen molar-refractivity contribution in [2.75, 3.05) is 6.61 Å². The molecule has 0 aliphatic heterocycles. The fraction of sp³-hybridized carbons (Fsp3) is 0.625. The van der Waals surface area contributed by atoms with E-state index in [2.05, 4.69) is 6.92 Å². The van der Waals surface area contributed by atoms with E-state index in [0.29, 0.717) is 36.8 Å². The SMILES string of the molecule is CCCCCC1CCC(c2ccc(COC3CCC(c4ccc(OCC)c(F)c4F)CC3)c(F)c2F)CC1. The number of halogens is 4. The van der Waals surface area contributed by atoms with Gasteiger partial charge in [0, 0.05) is 5.56 Å². The van der Waals surface area contributed by atoms with E-state index in [0.717, 1.165) is 31.6 Å². The van der Waals surface area contributed by atoms with Crippen LogP contribution in [0.3, 0.4) is 0 Å². The van der Waals surface area contributed by atoms with E-state index in [9.17, 15) is 13.2 Å². The highest BCUT2D eigenvalue weighted by Crippen LogP contribution is 2.40. The van der Waals surface area contributed by atoms with Gasteiger partial charge in [-0.15, -0.1) is 0 Å². The van der Waals surface area contributed by atoms with Gasteiger partial charge in [0.15, 0.2) is 23.2 Å². The Kier molecular flexibility index (Phi) is 10.5. The number of rotatable bonds is 11. The van der Waals surface area contributed by atoms with Gasteiger partial charge < -0.3 is 9.47 Å². The fourth-order valence-corrected chi connectivity index (χ4v) is 6.35. The van der Waals surface area contributed by atoms with Crippen LogP contribution in [-0.4, -0.2) is 12.7 Å². The number of ether oxygens (including phenoxy) is 2. The average Bonchev–Trinajstić information content (AvgIpc) is 2.93. The Balaban J connectivity index is 1.27. The Morgan fingerprint density at radius 1 is 0.684 bits per heavy atom. The van der Waals surface area contributed by atoms with Crippen LogP contribution in [0.1, 0.15) is 119 Å². The molecule has 0 atom stereocenters. The highest BCUT2D eigenvalue weighted by atomic mass is 19.2. The zero-order valence-corrected chi connectivity index (χ0v) is 22.8. The normalized spacial score (nSPS) is 23.9. The first kappa shape index (κ1) is 28.9. The zero-order chi connectivity index (χ0) is 27.1. The molecule has 210 valence electrons. The molecule has 6 heteroatoms. The van der Waals surface area contributed by atoms with Crippen LogP contribution >= 0.6 is 0 Å². The molecule has 2 aliphatic rings. The van der Waals surface area contributed by atoms with E-state index in [1.54, 1.807) is 25.1 Å². The minimum absolute atomic E-state index is 0.00851. The van der Waals surface area contributed by atoms with Crippen molar-refractivity contribution in [1.82, 2.24) is 0 Å². The number of benzene rings is 2. The highest BCUT2D eigenvalue weighted by Gasteiger charge is 2.29. The van der Waals surface area contributed by atoms with Crippen molar-refractivity contribution >= 4 is 0 Å². The lowest BCUT2D eigenvalue weighted by Gasteiger charge is -2.30. The summed E-state index contributed by atoms with van der Waals surface area (Å²) < 4.78 is 70.0. The molecule has 2 fully saturated rings. The predicted molar refractivity (Wildman–Crippen MR) is 143 cm³/mol. The van der Waals surface area contributed by atoms with E-state index in [1.165, 1.54) is 31.7 Å². The molecule has 2 aromatic carbocycles. The van der Waals surface area contributed by atoms with Gasteiger partial charge in [0.25, 0.3) is 0 Å². The minimum atomic E-state index is -0.941.